The minimum Gasteiger partial charge on any atom is -0.398 e. The van der Waals surface area contributed by atoms with E-state index in [1.54, 1.807) is 0 Å². The molecule has 22 heavy (non-hydrogen) atoms. The summed E-state index contributed by atoms with van der Waals surface area (Å²) in [6.45, 7) is 3.15. The van der Waals surface area contributed by atoms with Gasteiger partial charge in [0.1, 0.15) is 7.05 Å². The fourth-order valence-corrected chi connectivity index (χ4v) is 2.46. The van der Waals surface area contributed by atoms with Crippen LogP contribution in [0.4, 0.5) is 5.69 Å². The Morgan fingerprint density at radius 3 is 2.45 bits per heavy atom. The summed E-state index contributed by atoms with van der Waals surface area (Å²) in [6, 6.07) is 16.6. The Bertz CT molecular complexity index is 800. The number of hydrogen-bond acceptors (Lipinski definition) is 2. The van der Waals surface area contributed by atoms with Crippen molar-refractivity contribution >= 4 is 28.9 Å². The Balaban J connectivity index is 1.85. The molecule has 3 aromatic rings. The second-order valence-electron chi connectivity index (χ2n) is 5.41. The molecule has 1 heterocycles. The minimum absolute atomic E-state index is 0.843. The molecule has 0 aliphatic heterocycles. The maximum absolute atomic E-state index is 5.87. The van der Waals surface area contributed by atoms with Crippen molar-refractivity contribution in [2.24, 2.45) is 7.05 Å². The number of fused-ring (bicyclic) bond motifs is 1. The van der Waals surface area contributed by atoms with Crippen LogP contribution in [-0.2, 0) is 7.05 Å². The quantitative estimate of drug-likeness (QED) is 0.680. The number of anilines is 1. The van der Waals surface area contributed by atoms with Gasteiger partial charge in [0, 0.05) is 25.3 Å². The summed E-state index contributed by atoms with van der Waals surface area (Å²) < 4.78 is 7.93. The van der Waals surface area contributed by atoms with Crippen LogP contribution in [0.1, 0.15) is 18.4 Å². The number of nitrogens with zero attached hydrogens (tertiary/aromatic N) is 2. The monoisotopic (exact) mass is 293 g/mol. The number of oxazole rings is 1. The van der Waals surface area contributed by atoms with Crippen molar-refractivity contribution in [3.63, 3.8) is 0 Å². The van der Waals surface area contributed by atoms with E-state index in [0.29, 0.717) is 0 Å². The third kappa shape index (κ3) is 2.75. The topological polar surface area (TPSA) is 20.3 Å². The number of hydrogen-bond donors (Lipinski definition) is 0. The predicted octanol–water partition coefficient (Wildman–Crippen LogP) is 3.88. The van der Waals surface area contributed by atoms with Crippen molar-refractivity contribution < 1.29 is 8.98 Å². The molecule has 112 valence electrons. The average Bonchev–Trinajstić information content (AvgIpc) is 2.89. The highest BCUT2D eigenvalue weighted by molar-refractivity contribution is 5.72. The largest absolute Gasteiger partial charge is 0.398 e. The number of para-hydroxylation sites is 2. The van der Waals surface area contributed by atoms with Gasteiger partial charge in [-0.3, -0.25) is 0 Å². The Morgan fingerprint density at radius 1 is 1.05 bits per heavy atom. The summed E-state index contributed by atoms with van der Waals surface area (Å²) in [4.78, 5) is 2.22. The summed E-state index contributed by atoms with van der Waals surface area (Å²) in [7, 11) is 4.12. The van der Waals surface area contributed by atoms with Gasteiger partial charge in [-0.1, -0.05) is 24.3 Å². The molecule has 0 aliphatic rings. The summed E-state index contributed by atoms with van der Waals surface area (Å²) >= 11 is 0. The van der Waals surface area contributed by atoms with Crippen LogP contribution in [0.3, 0.4) is 0 Å². The van der Waals surface area contributed by atoms with Gasteiger partial charge in [-0.15, -0.1) is 0 Å². The molecular weight excluding hydrogens is 272 g/mol. The molecule has 0 spiro atoms. The smallest absolute Gasteiger partial charge is 0.373 e. The first-order chi connectivity index (χ1) is 10.7. The van der Waals surface area contributed by atoms with Crippen LogP contribution < -0.4 is 9.47 Å². The molecule has 0 aliphatic carbocycles. The highest BCUT2D eigenvalue weighted by atomic mass is 16.3. The Morgan fingerprint density at radius 2 is 1.77 bits per heavy atom. The summed E-state index contributed by atoms with van der Waals surface area (Å²) in [6.07, 6.45) is 4.09. The first kappa shape index (κ1) is 14.4. The third-order valence-corrected chi connectivity index (χ3v) is 4.00. The zero-order valence-electron chi connectivity index (χ0n) is 13.3. The van der Waals surface area contributed by atoms with Crippen molar-refractivity contribution in [3.8, 4) is 0 Å². The zero-order chi connectivity index (χ0) is 15.5. The maximum atomic E-state index is 5.87. The van der Waals surface area contributed by atoms with Gasteiger partial charge in [-0.2, -0.15) is 4.57 Å². The molecule has 3 heteroatoms. The second-order valence-corrected chi connectivity index (χ2v) is 5.41. The van der Waals surface area contributed by atoms with E-state index in [1.165, 1.54) is 5.69 Å². The van der Waals surface area contributed by atoms with Crippen LogP contribution in [-0.4, -0.2) is 13.6 Å². The summed E-state index contributed by atoms with van der Waals surface area (Å²) in [5.41, 5.74) is 4.40. The number of aryl methyl sites for hydroxylation is 1. The number of benzene rings is 2. The number of aromatic nitrogens is 1. The predicted molar refractivity (Wildman–Crippen MR) is 91.7 cm³/mol. The second kappa shape index (κ2) is 6.06. The first-order valence-corrected chi connectivity index (χ1v) is 7.56. The van der Waals surface area contributed by atoms with Gasteiger partial charge in [0.05, 0.1) is 6.08 Å². The molecule has 0 radical (unpaired) electrons. The van der Waals surface area contributed by atoms with E-state index in [0.717, 1.165) is 29.1 Å². The lowest BCUT2D eigenvalue weighted by Gasteiger charge is -2.16. The molecule has 0 saturated heterocycles. The van der Waals surface area contributed by atoms with Gasteiger partial charge in [-0.05, 0) is 36.8 Å². The van der Waals surface area contributed by atoms with Crippen LogP contribution in [0.15, 0.2) is 52.9 Å². The van der Waals surface area contributed by atoms with E-state index in [2.05, 4.69) is 59.8 Å². The van der Waals surface area contributed by atoms with E-state index >= 15 is 0 Å². The first-order valence-electron chi connectivity index (χ1n) is 7.56. The van der Waals surface area contributed by atoms with Crippen LogP contribution >= 0.6 is 0 Å². The molecule has 3 rings (SSSR count). The Kier molecular flexibility index (Phi) is 3.96. The highest BCUT2D eigenvalue weighted by Gasteiger charge is 2.15. The van der Waals surface area contributed by atoms with Gasteiger partial charge < -0.3 is 9.32 Å². The van der Waals surface area contributed by atoms with E-state index < -0.39 is 0 Å². The van der Waals surface area contributed by atoms with Gasteiger partial charge >= 0.3 is 5.89 Å². The Labute approximate surface area is 131 Å². The minimum atomic E-state index is 0.843. The van der Waals surface area contributed by atoms with Crippen molar-refractivity contribution in [1.82, 2.24) is 0 Å². The van der Waals surface area contributed by atoms with Crippen molar-refractivity contribution in [1.29, 1.82) is 0 Å². The summed E-state index contributed by atoms with van der Waals surface area (Å²) in [5, 5.41) is 0. The standard InChI is InChI=1S/C19H21N2O/c1-4-20(2)16-12-9-15(10-13-16)11-14-19-21(3)17-7-5-6-8-18(17)22-19/h5-14H,4H2,1-3H3/q+1. The molecule has 0 amide bonds. The lowest BCUT2D eigenvalue weighted by molar-refractivity contribution is -0.651. The van der Waals surface area contributed by atoms with Crippen molar-refractivity contribution in [2.75, 3.05) is 18.5 Å². The van der Waals surface area contributed by atoms with Crippen LogP contribution in [0.2, 0.25) is 0 Å². The van der Waals surface area contributed by atoms with Crippen LogP contribution in [0, 0.1) is 0 Å². The highest BCUT2D eigenvalue weighted by Crippen LogP contribution is 2.17. The Hall–Kier alpha value is -2.55. The van der Waals surface area contributed by atoms with Crippen molar-refractivity contribution in [2.45, 2.75) is 6.92 Å². The molecule has 0 N–H and O–H groups in total. The lowest BCUT2D eigenvalue weighted by atomic mass is 10.2. The van der Waals surface area contributed by atoms with Crippen LogP contribution in [0.25, 0.3) is 23.3 Å². The van der Waals surface area contributed by atoms with E-state index in [9.17, 15) is 0 Å². The van der Waals surface area contributed by atoms with Gasteiger partial charge in [0.15, 0.2) is 0 Å². The molecule has 2 aromatic carbocycles. The third-order valence-electron chi connectivity index (χ3n) is 4.00. The van der Waals surface area contributed by atoms with E-state index in [4.69, 9.17) is 4.42 Å². The molecule has 0 bridgehead atoms. The fraction of sp³-hybridized carbons (Fsp3) is 0.211. The zero-order valence-corrected chi connectivity index (χ0v) is 13.3. The SMILES string of the molecule is CCN(C)c1ccc(C=Cc2oc3ccccc3[n+]2C)cc1. The number of rotatable bonds is 4. The molecule has 0 atom stereocenters. The maximum Gasteiger partial charge on any atom is 0.373 e. The fourth-order valence-electron chi connectivity index (χ4n) is 2.46. The molecule has 3 nitrogen and oxygen atoms in total. The molecule has 0 fully saturated rings. The van der Waals surface area contributed by atoms with E-state index in [-0.39, 0.29) is 0 Å². The molecular formula is C19H21N2O+. The van der Waals surface area contributed by atoms with Gasteiger partial charge in [0.25, 0.3) is 5.52 Å². The van der Waals surface area contributed by atoms with Crippen molar-refractivity contribution in [3.05, 3.63) is 60.0 Å². The molecule has 0 unspecified atom stereocenters. The van der Waals surface area contributed by atoms with Crippen LogP contribution in [0.5, 0.6) is 0 Å². The van der Waals surface area contributed by atoms with E-state index in [1.807, 2.05) is 31.3 Å². The average molecular weight is 293 g/mol. The lowest BCUT2D eigenvalue weighted by Crippen LogP contribution is -2.29. The van der Waals surface area contributed by atoms with Gasteiger partial charge in [-0.25, -0.2) is 0 Å². The van der Waals surface area contributed by atoms with Gasteiger partial charge in [0.2, 0.25) is 5.58 Å². The normalized spacial score (nSPS) is 11.4. The summed E-state index contributed by atoms with van der Waals surface area (Å²) in [5.74, 6) is 0.843. The molecule has 1 aromatic heterocycles. The molecule has 0 saturated carbocycles.